The van der Waals surface area contributed by atoms with Crippen LogP contribution in [0.25, 0.3) is 0 Å². The van der Waals surface area contributed by atoms with E-state index < -0.39 is 6.09 Å². The summed E-state index contributed by atoms with van der Waals surface area (Å²) in [6.45, 7) is 7.85. The van der Waals surface area contributed by atoms with Crippen LogP contribution in [0.3, 0.4) is 0 Å². The number of imide groups is 1. The zero-order valence-electron chi connectivity index (χ0n) is 9.11. The molecule has 0 unspecified atom stereocenters. The van der Waals surface area contributed by atoms with E-state index in [1.165, 1.54) is 4.90 Å². The predicted octanol–water partition coefficient (Wildman–Crippen LogP) is 1.65. The highest BCUT2D eigenvalue weighted by Gasteiger charge is 2.40. The van der Waals surface area contributed by atoms with E-state index in [1.54, 1.807) is 13.8 Å². The molecule has 1 saturated heterocycles. The van der Waals surface area contributed by atoms with Gasteiger partial charge < -0.3 is 4.74 Å². The fourth-order valence-electron chi connectivity index (χ4n) is 1.46. The van der Waals surface area contributed by atoms with E-state index in [4.69, 9.17) is 4.74 Å². The molecule has 80 valence electrons. The highest BCUT2D eigenvalue weighted by atomic mass is 16.6. The molecule has 0 aromatic heterocycles. The Labute approximate surface area is 84.2 Å². The normalized spacial score (nSPS) is 22.0. The van der Waals surface area contributed by atoms with Crippen LogP contribution in [0.1, 0.15) is 27.7 Å². The first kappa shape index (κ1) is 11.0. The van der Waals surface area contributed by atoms with Crippen LogP contribution in [-0.2, 0) is 9.53 Å². The second kappa shape index (κ2) is 3.98. The van der Waals surface area contributed by atoms with E-state index in [2.05, 4.69) is 0 Å². The van der Waals surface area contributed by atoms with E-state index in [0.29, 0.717) is 6.61 Å². The minimum Gasteiger partial charge on any atom is -0.447 e. The van der Waals surface area contributed by atoms with Gasteiger partial charge in [0.15, 0.2) is 0 Å². The lowest BCUT2D eigenvalue weighted by atomic mass is 10.0. The summed E-state index contributed by atoms with van der Waals surface area (Å²) in [5.41, 5.74) is 0. The summed E-state index contributed by atoms with van der Waals surface area (Å²) in [5.74, 6) is -0.0720. The molecule has 4 nitrogen and oxygen atoms in total. The van der Waals surface area contributed by atoms with Gasteiger partial charge in [-0.05, 0) is 5.92 Å². The lowest BCUT2D eigenvalue weighted by Gasteiger charge is -2.23. The van der Waals surface area contributed by atoms with E-state index in [0.717, 1.165) is 0 Å². The highest BCUT2D eigenvalue weighted by molar-refractivity contribution is 5.94. The second-order valence-electron chi connectivity index (χ2n) is 4.25. The van der Waals surface area contributed by atoms with Gasteiger partial charge in [0.1, 0.15) is 6.61 Å². The average Bonchev–Trinajstić information content (AvgIpc) is 2.45. The first-order chi connectivity index (χ1) is 6.45. The van der Waals surface area contributed by atoms with Crippen molar-refractivity contribution in [2.24, 2.45) is 11.8 Å². The Morgan fingerprint density at radius 2 is 2.00 bits per heavy atom. The third-order valence-electron chi connectivity index (χ3n) is 2.41. The number of cyclic esters (lactones) is 1. The molecule has 0 N–H and O–H groups in total. The average molecular weight is 199 g/mol. The topological polar surface area (TPSA) is 46.6 Å². The number of hydrogen-bond acceptors (Lipinski definition) is 3. The lowest BCUT2D eigenvalue weighted by Crippen LogP contribution is -2.43. The minimum absolute atomic E-state index is 0.0996. The highest BCUT2D eigenvalue weighted by Crippen LogP contribution is 2.21. The maximum atomic E-state index is 11.7. The van der Waals surface area contributed by atoms with Gasteiger partial charge in [0.25, 0.3) is 0 Å². The van der Waals surface area contributed by atoms with Crippen molar-refractivity contribution in [1.82, 2.24) is 4.90 Å². The van der Waals surface area contributed by atoms with Gasteiger partial charge in [0.05, 0.1) is 6.04 Å². The Kier molecular flexibility index (Phi) is 3.13. The molecule has 0 radical (unpaired) electrons. The quantitative estimate of drug-likeness (QED) is 0.679. The van der Waals surface area contributed by atoms with Crippen LogP contribution in [0.4, 0.5) is 4.79 Å². The summed E-state index contributed by atoms with van der Waals surface area (Å²) < 4.78 is 4.88. The summed E-state index contributed by atoms with van der Waals surface area (Å²) in [7, 11) is 0. The van der Waals surface area contributed by atoms with Gasteiger partial charge in [0, 0.05) is 5.92 Å². The van der Waals surface area contributed by atoms with Crippen LogP contribution in [0, 0.1) is 11.8 Å². The van der Waals surface area contributed by atoms with Gasteiger partial charge in [-0.2, -0.15) is 0 Å². The number of rotatable bonds is 2. The smallest absolute Gasteiger partial charge is 0.416 e. The molecule has 1 heterocycles. The van der Waals surface area contributed by atoms with Crippen LogP contribution in [-0.4, -0.2) is 29.5 Å². The molecule has 1 rings (SSSR count). The Hall–Kier alpha value is -1.06. The molecule has 0 aromatic carbocycles. The van der Waals surface area contributed by atoms with Gasteiger partial charge in [-0.1, -0.05) is 27.7 Å². The Morgan fingerprint density at radius 1 is 1.43 bits per heavy atom. The third kappa shape index (κ3) is 1.89. The Bertz CT molecular complexity index is 248. The molecule has 1 atom stereocenters. The summed E-state index contributed by atoms with van der Waals surface area (Å²) in [6, 6.07) is -0.0996. The maximum Gasteiger partial charge on any atom is 0.416 e. The van der Waals surface area contributed by atoms with Crippen molar-refractivity contribution in [2.45, 2.75) is 33.7 Å². The predicted molar refractivity (Wildman–Crippen MR) is 51.7 cm³/mol. The number of carbonyl (C=O) groups is 2. The van der Waals surface area contributed by atoms with Crippen molar-refractivity contribution < 1.29 is 14.3 Å². The van der Waals surface area contributed by atoms with E-state index in [1.807, 2.05) is 13.8 Å². The van der Waals surface area contributed by atoms with Crippen LogP contribution >= 0.6 is 0 Å². The molecule has 2 amide bonds. The molecule has 4 heteroatoms. The molecule has 0 saturated carbocycles. The van der Waals surface area contributed by atoms with Gasteiger partial charge in [-0.3, -0.25) is 4.79 Å². The number of amides is 2. The molecule has 0 bridgehead atoms. The molecule has 0 aromatic rings. The largest absolute Gasteiger partial charge is 0.447 e. The fraction of sp³-hybridized carbons (Fsp3) is 0.800. The SMILES string of the molecule is CC(C)C(=O)N1C(=O)OC[C@H]1C(C)C. The molecular weight excluding hydrogens is 182 g/mol. The zero-order chi connectivity index (χ0) is 10.9. The number of hydrogen-bond donors (Lipinski definition) is 0. The van der Waals surface area contributed by atoms with Gasteiger partial charge in [0.2, 0.25) is 5.91 Å². The van der Waals surface area contributed by atoms with Crippen molar-refractivity contribution >= 4 is 12.0 Å². The summed E-state index contributed by atoms with van der Waals surface area (Å²) >= 11 is 0. The van der Waals surface area contributed by atoms with E-state index in [9.17, 15) is 9.59 Å². The summed E-state index contributed by atoms with van der Waals surface area (Å²) in [5, 5.41) is 0. The summed E-state index contributed by atoms with van der Waals surface area (Å²) in [4.78, 5) is 24.3. The van der Waals surface area contributed by atoms with Crippen LogP contribution < -0.4 is 0 Å². The van der Waals surface area contributed by atoms with Crippen molar-refractivity contribution in [3.63, 3.8) is 0 Å². The van der Waals surface area contributed by atoms with Crippen molar-refractivity contribution in [2.75, 3.05) is 6.61 Å². The first-order valence-electron chi connectivity index (χ1n) is 4.95. The third-order valence-corrected chi connectivity index (χ3v) is 2.41. The second-order valence-corrected chi connectivity index (χ2v) is 4.25. The fourth-order valence-corrected chi connectivity index (χ4v) is 1.46. The number of nitrogens with zero attached hydrogens (tertiary/aromatic N) is 1. The molecule has 0 spiro atoms. The minimum atomic E-state index is -0.498. The van der Waals surface area contributed by atoms with Crippen LogP contribution in [0.2, 0.25) is 0 Å². The molecule has 1 aliphatic rings. The monoisotopic (exact) mass is 199 g/mol. The van der Waals surface area contributed by atoms with E-state index in [-0.39, 0.29) is 23.8 Å². The standard InChI is InChI=1S/C10H17NO3/c1-6(2)8-5-14-10(13)11(8)9(12)7(3)4/h6-8H,5H2,1-4H3/t8-/m0/s1. The maximum absolute atomic E-state index is 11.7. The van der Waals surface area contributed by atoms with Gasteiger partial charge in [-0.15, -0.1) is 0 Å². The molecular formula is C10H17NO3. The lowest BCUT2D eigenvalue weighted by molar-refractivity contribution is -0.132. The molecule has 1 fully saturated rings. The number of ether oxygens (including phenoxy) is 1. The van der Waals surface area contributed by atoms with Crippen LogP contribution in [0.15, 0.2) is 0 Å². The summed E-state index contributed by atoms with van der Waals surface area (Å²) in [6.07, 6.45) is -0.498. The first-order valence-corrected chi connectivity index (χ1v) is 4.95. The van der Waals surface area contributed by atoms with Gasteiger partial charge in [-0.25, -0.2) is 9.69 Å². The van der Waals surface area contributed by atoms with Crippen LogP contribution in [0.5, 0.6) is 0 Å². The molecule has 14 heavy (non-hydrogen) atoms. The zero-order valence-corrected chi connectivity index (χ0v) is 9.11. The van der Waals surface area contributed by atoms with Gasteiger partial charge >= 0.3 is 6.09 Å². The van der Waals surface area contributed by atoms with Crippen molar-refractivity contribution in [1.29, 1.82) is 0 Å². The van der Waals surface area contributed by atoms with E-state index >= 15 is 0 Å². The Morgan fingerprint density at radius 3 is 2.43 bits per heavy atom. The van der Waals surface area contributed by atoms with Crippen molar-refractivity contribution in [3.05, 3.63) is 0 Å². The molecule has 0 aliphatic carbocycles. The molecule has 1 aliphatic heterocycles. The number of carbonyl (C=O) groups excluding carboxylic acids is 2. The van der Waals surface area contributed by atoms with Crippen molar-refractivity contribution in [3.8, 4) is 0 Å². The Balaban J connectivity index is 2.82.